The Balaban J connectivity index is -0.000000231. The third kappa shape index (κ3) is 24.4. The lowest BCUT2D eigenvalue weighted by Gasteiger charge is -2.24. The van der Waals surface area contributed by atoms with Gasteiger partial charge in [0.25, 0.3) is 0 Å². The maximum atomic E-state index is 12.3. The molecule has 1 saturated heterocycles. The third-order valence-electron chi connectivity index (χ3n) is 5.47. The summed E-state index contributed by atoms with van der Waals surface area (Å²) in [7, 11) is 1.00. The van der Waals surface area contributed by atoms with Crippen LogP contribution < -0.4 is 10.6 Å². The quantitative estimate of drug-likeness (QED) is 0.220. The highest BCUT2D eigenvalue weighted by Gasteiger charge is 2.45. The van der Waals surface area contributed by atoms with Crippen LogP contribution in [0.25, 0.3) is 0 Å². The number of aliphatic hydroxyl groups is 1. The van der Waals surface area contributed by atoms with Crippen molar-refractivity contribution in [2.45, 2.75) is 94.3 Å². The molecule has 3 unspecified atom stereocenters. The monoisotopic (exact) mass is 549 g/mol. The highest BCUT2D eigenvalue weighted by Crippen LogP contribution is 2.45. The van der Waals surface area contributed by atoms with E-state index in [4.69, 9.17) is 5.11 Å². The minimum atomic E-state index is -4.46. The van der Waals surface area contributed by atoms with Gasteiger partial charge in [-0.15, -0.1) is 0 Å². The molecule has 0 aromatic rings. The van der Waals surface area contributed by atoms with E-state index in [1.54, 1.807) is 0 Å². The topological polar surface area (TPSA) is 64.6 Å². The molecule has 1 aliphatic heterocycles. The summed E-state index contributed by atoms with van der Waals surface area (Å²) in [5.41, 5.74) is 0.501. The van der Waals surface area contributed by atoms with Gasteiger partial charge in [0.05, 0.1) is 12.1 Å². The summed E-state index contributed by atoms with van der Waals surface area (Å²) in [6, 6.07) is 0.841. The number of aliphatic hydroxyl groups excluding tert-OH is 1. The van der Waals surface area contributed by atoms with E-state index in [0.717, 1.165) is 49.4 Å². The van der Waals surface area contributed by atoms with Gasteiger partial charge in [-0.3, -0.25) is 4.79 Å². The normalized spacial score (nSPS) is 18.0. The van der Waals surface area contributed by atoms with Crippen LogP contribution in [0.2, 0.25) is 0 Å². The first kappa shape index (κ1) is 43.2. The number of amides is 1. The molecule has 0 aromatic carbocycles. The third-order valence-corrected chi connectivity index (χ3v) is 5.47. The maximum absolute atomic E-state index is 12.3. The van der Waals surface area contributed by atoms with E-state index in [1.807, 2.05) is 41.5 Å². The molecule has 0 bridgehead atoms. The van der Waals surface area contributed by atoms with E-state index < -0.39 is 17.7 Å². The second-order valence-electron chi connectivity index (χ2n) is 8.37. The minimum absolute atomic E-state index is 0.0629. The molecule has 1 amide bonds. The van der Waals surface area contributed by atoms with E-state index in [9.17, 15) is 18.0 Å². The smallest absolute Gasteiger partial charge is 0.400 e. The maximum Gasteiger partial charge on any atom is 0.416 e. The molecule has 0 radical (unpaired) electrons. The van der Waals surface area contributed by atoms with E-state index in [2.05, 4.69) is 55.9 Å². The molecule has 8 heteroatoms. The van der Waals surface area contributed by atoms with Crippen LogP contribution in [-0.4, -0.2) is 61.4 Å². The van der Waals surface area contributed by atoms with Gasteiger partial charge < -0.3 is 20.6 Å². The van der Waals surface area contributed by atoms with E-state index in [-0.39, 0.29) is 6.54 Å². The van der Waals surface area contributed by atoms with Crippen LogP contribution >= 0.6 is 0 Å². The van der Waals surface area contributed by atoms with Crippen LogP contribution in [0, 0.1) is 11.8 Å². The van der Waals surface area contributed by atoms with Gasteiger partial charge in [0.2, 0.25) is 5.91 Å². The van der Waals surface area contributed by atoms with Crippen LogP contribution in [0.5, 0.6) is 0 Å². The summed E-state index contributed by atoms with van der Waals surface area (Å²) >= 11 is 0. The van der Waals surface area contributed by atoms with E-state index in [0.29, 0.717) is 6.54 Å². The molecule has 1 heterocycles. The van der Waals surface area contributed by atoms with Crippen molar-refractivity contribution in [1.29, 1.82) is 0 Å². The number of likely N-dealkylation sites (N-methyl/N-ethyl adjacent to an activating group) is 1. The van der Waals surface area contributed by atoms with Gasteiger partial charge in [0, 0.05) is 32.4 Å². The van der Waals surface area contributed by atoms with Crippen molar-refractivity contribution in [3.8, 4) is 0 Å². The Hall–Kier alpha value is -1.90. The molecule has 226 valence electrons. The standard InChI is InChI=1S/C11H15F3N2O.C9H17N.C5H10.2C2H6.CH4O/c1-3-5-9(11(12,13)14)6-7-16-10(17)8-15-4-2;1-3-7(2)10-5-8-4-9(8)6-10;1-4-5(2)3;3*1-2/h3,5-7,15H,1,4,8H2,2H3,(H,16,17);7-9H,3-6H2,1-2H3;4H,1-3H3;2*1-2H3;2H,1H3/b7-6+,9-5+;;;;;. The lowest BCUT2D eigenvalue weighted by Crippen LogP contribution is -2.31. The second kappa shape index (κ2) is 28.1. The fourth-order valence-electron chi connectivity index (χ4n) is 2.94. The average Bonchev–Trinajstić information content (AvgIpc) is 3.54. The zero-order chi connectivity index (χ0) is 30.7. The Morgan fingerprint density at radius 3 is 1.92 bits per heavy atom. The zero-order valence-corrected chi connectivity index (χ0v) is 26.0. The number of fused-ring (bicyclic) bond motifs is 1. The predicted molar refractivity (Wildman–Crippen MR) is 159 cm³/mol. The Bertz CT molecular complexity index is 646. The number of nitrogens with one attached hydrogen (secondary N) is 2. The number of hydrogen-bond donors (Lipinski definition) is 3. The Kier molecular flexibility index (Phi) is 31.9. The number of alkyl halides is 3. The van der Waals surface area contributed by atoms with Gasteiger partial charge >= 0.3 is 6.18 Å². The van der Waals surface area contributed by atoms with Crippen molar-refractivity contribution in [2.24, 2.45) is 11.8 Å². The SMILES string of the molecule is C=C/C=C(\C=C\NC(=O)CNCC)C(F)(F)F.CC.CC.CC=C(C)C.CCC(C)N1CC2CC2C1.CO. The van der Waals surface area contributed by atoms with Crippen molar-refractivity contribution in [3.63, 3.8) is 0 Å². The van der Waals surface area contributed by atoms with Gasteiger partial charge in [0.1, 0.15) is 0 Å². The number of hydrogen-bond acceptors (Lipinski definition) is 4. The van der Waals surface area contributed by atoms with Gasteiger partial charge in [-0.1, -0.05) is 71.9 Å². The first-order chi connectivity index (χ1) is 18.0. The number of carbonyl (C=O) groups excluding carboxylic acids is 1. The number of piperidine rings is 1. The zero-order valence-electron chi connectivity index (χ0n) is 26.0. The molecule has 3 N–H and O–H groups in total. The minimum Gasteiger partial charge on any atom is -0.400 e. The van der Waals surface area contributed by atoms with Gasteiger partial charge in [-0.2, -0.15) is 13.2 Å². The number of rotatable bonds is 8. The highest BCUT2D eigenvalue weighted by atomic mass is 19.4. The highest BCUT2D eigenvalue weighted by molar-refractivity contribution is 5.79. The molecule has 38 heavy (non-hydrogen) atoms. The number of halogens is 3. The van der Waals surface area contributed by atoms with Crippen molar-refractivity contribution in [3.05, 3.63) is 48.2 Å². The molecular formula is C30H58F3N3O2. The lowest BCUT2D eigenvalue weighted by atomic mass is 10.2. The molecule has 5 nitrogen and oxygen atoms in total. The summed E-state index contributed by atoms with van der Waals surface area (Å²) < 4.78 is 37.0. The predicted octanol–water partition coefficient (Wildman–Crippen LogP) is 7.27. The van der Waals surface area contributed by atoms with Gasteiger partial charge in [-0.05, 0) is 65.0 Å². The first-order valence-corrected chi connectivity index (χ1v) is 13.8. The molecule has 1 saturated carbocycles. The van der Waals surface area contributed by atoms with Crippen molar-refractivity contribution >= 4 is 5.91 Å². The Labute approximate surface area is 232 Å². The summed E-state index contributed by atoms with van der Waals surface area (Å²) in [4.78, 5) is 13.7. The molecule has 2 rings (SSSR count). The van der Waals surface area contributed by atoms with Crippen LogP contribution in [0.15, 0.2) is 48.2 Å². The first-order valence-electron chi connectivity index (χ1n) is 13.8. The molecule has 1 aliphatic carbocycles. The number of likely N-dealkylation sites (tertiary alicyclic amines) is 1. The number of allylic oxidation sites excluding steroid dienone is 6. The van der Waals surface area contributed by atoms with Gasteiger partial charge in [0.15, 0.2) is 0 Å². The molecule has 2 aliphatic rings. The summed E-state index contributed by atoms with van der Waals surface area (Å²) in [6.07, 6.45) is 4.08. The van der Waals surface area contributed by atoms with Crippen molar-refractivity contribution in [1.82, 2.24) is 15.5 Å². The summed E-state index contributed by atoms with van der Waals surface area (Å²) in [5, 5.41) is 12.0. The number of nitrogens with zero attached hydrogens (tertiary/aromatic N) is 1. The van der Waals surface area contributed by atoms with Crippen molar-refractivity contribution in [2.75, 3.05) is 33.3 Å². The second-order valence-corrected chi connectivity index (χ2v) is 8.37. The van der Waals surface area contributed by atoms with Crippen LogP contribution in [0.1, 0.15) is 82.1 Å². The Morgan fingerprint density at radius 2 is 1.58 bits per heavy atom. The Morgan fingerprint density at radius 1 is 1.11 bits per heavy atom. The molecule has 2 fully saturated rings. The fraction of sp³-hybridized carbons (Fsp3) is 0.700. The van der Waals surface area contributed by atoms with Crippen LogP contribution in [0.4, 0.5) is 13.2 Å². The molecule has 3 atom stereocenters. The lowest BCUT2D eigenvalue weighted by molar-refractivity contribution is -0.119. The van der Waals surface area contributed by atoms with E-state index in [1.165, 1.54) is 31.5 Å². The number of carbonyl (C=O) groups is 1. The van der Waals surface area contributed by atoms with Crippen LogP contribution in [-0.2, 0) is 4.79 Å². The van der Waals surface area contributed by atoms with Gasteiger partial charge in [-0.25, -0.2) is 0 Å². The fourth-order valence-corrected chi connectivity index (χ4v) is 2.94. The summed E-state index contributed by atoms with van der Waals surface area (Å²) in [5.74, 6) is 1.81. The molecule has 0 spiro atoms. The summed E-state index contributed by atoms with van der Waals surface area (Å²) in [6.45, 7) is 27.3. The largest absolute Gasteiger partial charge is 0.416 e. The van der Waals surface area contributed by atoms with Crippen LogP contribution in [0.3, 0.4) is 0 Å². The van der Waals surface area contributed by atoms with E-state index >= 15 is 0 Å². The van der Waals surface area contributed by atoms with Crippen molar-refractivity contribution < 1.29 is 23.1 Å². The molecular weight excluding hydrogens is 491 g/mol. The average molecular weight is 550 g/mol. The molecule has 0 aromatic heterocycles.